The van der Waals surface area contributed by atoms with E-state index in [1.165, 1.54) is 30.4 Å². The number of anilines is 1. The molecule has 1 heterocycles. The van der Waals surface area contributed by atoms with Crippen LogP contribution in [-0.2, 0) is 12.8 Å². The van der Waals surface area contributed by atoms with E-state index in [1.54, 1.807) is 0 Å². The molecule has 4 nitrogen and oxygen atoms in total. The van der Waals surface area contributed by atoms with Crippen molar-refractivity contribution in [3.63, 3.8) is 0 Å². The lowest BCUT2D eigenvalue weighted by molar-refractivity contribution is 0.709. The number of hydrogen-bond donors (Lipinski definition) is 2. The number of aryl methyl sites for hydroxylation is 2. The smallest absolute Gasteiger partial charge is 0.161 e. The van der Waals surface area contributed by atoms with Crippen LogP contribution in [0.4, 0.5) is 5.82 Å². The average molecular weight is 268 g/mol. The van der Waals surface area contributed by atoms with Gasteiger partial charge in [-0.2, -0.15) is 0 Å². The maximum atomic E-state index is 5.66. The van der Waals surface area contributed by atoms with Crippen molar-refractivity contribution in [1.29, 1.82) is 0 Å². The summed E-state index contributed by atoms with van der Waals surface area (Å²) in [6.45, 7) is 2.08. The standard InChI is InChI=1S/C16H20N4/c1-11-7-9-12(10-8-11)15-18-14-6-4-2-3-5-13(14)16(19-15)20-17/h7-10H,2-6,17H2,1H3,(H,18,19,20). The first kappa shape index (κ1) is 13.1. The fourth-order valence-corrected chi connectivity index (χ4v) is 2.72. The van der Waals surface area contributed by atoms with Crippen LogP contribution >= 0.6 is 0 Å². The van der Waals surface area contributed by atoms with E-state index in [4.69, 9.17) is 10.8 Å². The Labute approximate surface area is 119 Å². The van der Waals surface area contributed by atoms with E-state index in [0.29, 0.717) is 0 Å². The molecule has 20 heavy (non-hydrogen) atoms. The number of fused-ring (bicyclic) bond motifs is 1. The van der Waals surface area contributed by atoms with E-state index in [1.807, 2.05) is 0 Å². The van der Waals surface area contributed by atoms with Crippen LogP contribution in [0.15, 0.2) is 24.3 Å². The molecule has 0 fully saturated rings. The summed E-state index contributed by atoms with van der Waals surface area (Å²) in [5.74, 6) is 7.20. The molecule has 0 unspecified atom stereocenters. The number of rotatable bonds is 2. The molecule has 0 radical (unpaired) electrons. The van der Waals surface area contributed by atoms with Crippen molar-refractivity contribution in [3.05, 3.63) is 41.1 Å². The van der Waals surface area contributed by atoms with Crippen LogP contribution in [0.5, 0.6) is 0 Å². The molecular weight excluding hydrogens is 248 g/mol. The average Bonchev–Trinajstić information content (AvgIpc) is 2.72. The van der Waals surface area contributed by atoms with Crippen molar-refractivity contribution >= 4 is 5.82 Å². The zero-order chi connectivity index (χ0) is 13.9. The molecule has 0 amide bonds. The summed E-state index contributed by atoms with van der Waals surface area (Å²) in [6.07, 6.45) is 5.67. The van der Waals surface area contributed by atoms with Crippen molar-refractivity contribution in [2.75, 3.05) is 5.43 Å². The Bertz CT molecular complexity index is 605. The number of nitrogen functional groups attached to an aromatic ring is 1. The fourth-order valence-electron chi connectivity index (χ4n) is 2.72. The minimum absolute atomic E-state index is 0.763. The molecule has 3 rings (SSSR count). The lowest BCUT2D eigenvalue weighted by atomic mass is 10.1. The van der Waals surface area contributed by atoms with Gasteiger partial charge in [0.25, 0.3) is 0 Å². The SMILES string of the molecule is Cc1ccc(-c2nc3c(c(NN)n2)CCCCC3)cc1. The Balaban J connectivity index is 2.08. The second-order valence-electron chi connectivity index (χ2n) is 5.39. The first-order chi connectivity index (χ1) is 9.78. The molecule has 0 bridgehead atoms. The highest BCUT2D eigenvalue weighted by Gasteiger charge is 2.16. The van der Waals surface area contributed by atoms with E-state index >= 15 is 0 Å². The number of nitrogens with one attached hydrogen (secondary N) is 1. The zero-order valence-electron chi connectivity index (χ0n) is 11.8. The maximum absolute atomic E-state index is 5.66. The summed E-state index contributed by atoms with van der Waals surface area (Å²) in [7, 11) is 0. The summed E-state index contributed by atoms with van der Waals surface area (Å²) < 4.78 is 0. The minimum atomic E-state index is 0.763. The van der Waals surface area contributed by atoms with Gasteiger partial charge in [0.05, 0.1) is 0 Å². The Morgan fingerprint density at radius 1 is 1.00 bits per heavy atom. The van der Waals surface area contributed by atoms with Crippen LogP contribution in [0, 0.1) is 6.92 Å². The Hall–Kier alpha value is -1.94. The van der Waals surface area contributed by atoms with Gasteiger partial charge in [-0.25, -0.2) is 15.8 Å². The molecule has 0 spiro atoms. The lowest BCUT2D eigenvalue weighted by Crippen LogP contribution is -2.14. The van der Waals surface area contributed by atoms with Gasteiger partial charge in [0.1, 0.15) is 5.82 Å². The van der Waals surface area contributed by atoms with Gasteiger partial charge in [-0.15, -0.1) is 0 Å². The third-order valence-electron chi connectivity index (χ3n) is 3.88. The van der Waals surface area contributed by atoms with Gasteiger partial charge in [0, 0.05) is 16.8 Å². The molecule has 2 aromatic rings. The lowest BCUT2D eigenvalue weighted by Gasteiger charge is -2.12. The van der Waals surface area contributed by atoms with E-state index in [2.05, 4.69) is 41.6 Å². The predicted octanol–water partition coefficient (Wildman–Crippen LogP) is 3.01. The highest BCUT2D eigenvalue weighted by molar-refractivity contribution is 5.60. The van der Waals surface area contributed by atoms with Gasteiger partial charge in [0.2, 0.25) is 0 Å². The van der Waals surface area contributed by atoms with Crippen LogP contribution in [0.3, 0.4) is 0 Å². The van der Waals surface area contributed by atoms with Crippen molar-refractivity contribution in [2.24, 2.45) is 5.84 Å². The molecule has 0 atom stereocenters. The van der Waals surface area contributed by atoms with Crippen LogP contribution in [0.25, 0.3) is 11.4 Å². The van der Waals surface area contributed by atoms with E-state index in [9.17, 15) is 0 Å². The normalized spacial score (nSPS) is 14.5. The van der Waals surface area contributed by atoms with Gasteiger partial charge in [0.15, 0.2) is 5.82 Å². The number of aromatic nitrogens is 2. The van der Waals surface area contributed by atoms with Crippen LogP contribution < -0.4 is 11.3 Å². The van der Waals surface area contributed by atoms with Crippen LogP contribution in [0.1, 0.15) is 36.1 Å². The zero-order valence-corrected chi connectivity index (χ0v) is 11.8. The van der Waals surface area contributed by atoms with E-state index in [-0.39, 0.29) is 0 Å². The number of nitrogens with two attached hydrogens (primary N) is 1. The van der Waals surface area contributed by atoms with Gasteiger partial charge in [-0.05, 0) is 32.6 Å². The van der Waals surface area contributed by atoms with Crippen molar-refractivity contribution < 1.29 is 0 Å². The number of hydrogen-bond acceptors (Lipinski definition) is 4. The van der Waals surface area contributed by atoms with E-state index in [0.717, 1.165) is 35.7 Å². The molecule has 4 heteroatoms. The Morgan fingerprint density at radius 3 is 2.50 bits per heavy atom. The summed E-state index contributed by atoms with van der Waals surface area (Å²) in [4.78, 5) is 9.37. The molecule has 0 aliphatic heterocycles. The minimum Gasteiger partial charge on any atom is -0.308 e. The predicted molar refractivity (Wildman–Crippen MR) is 81.3 cm³/mol. The van der Waals surface area contributed by atoms with Gasteiger partial charge in [-0.3, -0.25) is 0 Å². The number of benzene rings is 1. The summed E-state index contributed by atoms with van der Waals surface area (Å²) in [5.41, 5.74) is 7.38. The second kappa shape index (κ2) is 5.59. The third-order valence-corrected chi connectivity index (χ3v) is 3.88. The van der Waals surface area contributed by atoms with Crippen molar-refractivity contribution in [2.45, 2.75) is 39.0 Å². The second-order valence-corrected chi connectivity index (χ2v) is 5.39. The molecule has 1 aromatic carbocycles. The monoisotopic (exact) mass is 268 g/mol. The quantitative estimate of drug-likeness (QED) is 0.499. The first-order valence-electron chi connectivity index (χ1n) is 7.21. The maximum Gasteiger partial charge on any atom is 0.161 e. The molecule has 104 valence electrons. The highest BCUT2D eigenvalue weighted by Crippen LogP contribution is 2.27. The third kappa shape index (κ3) is 2.51. The largest absolute Gasteiger partial charge is 0.308 e. The highest BCUT2D eigenvalue weighted by atomic mass is 15.3. The van der Waals surface area contributed by atoms with E-state index < -0.39 is 0 Å². The molecule has 3 N–H and O–H groups in total. The molecule has 1 aliphatic carbocycles. The summed E-state index contributed by atoms with van der Waals surface area (Å²) >= 11 is 0. The molecule has 0 saturated carbocycles. The van der Waals surface area contributed by atoms with Gasteiger partial charge in [-0.1, -0.05) is 36.2 Å². The van der Waals surface area contributed by atoms with Gasteiger partial charge < -0.3 is 5.43 Å². The van der Waals surface area contributed by atoms with Crippen molar-refractivity contribution in [3.8, 4) is 11.4 Å². The topological polar surface area (TPSA) is 63.8 Å². The number of hydrazine groups is 1. The molecule has 1 aromatic heterocycles. The molecular formula is C16H20N4. The number of nitrogens with zero attached hydrogens (tertiary/aromatic N) is 2. The Kier molecular flexibility index (Phi) is 3.65. The first-order valence-corrected chi connectivity index (χ1v) is 7.21. The van der Waals surface area contributed by atoms with Gasteiger partial charge >= 0.3 is 0 Å². The molecule has 1 aliphatic rings. The summed E-state index contributed by atoms with van der Waals surface area (Å²) in [5, 5.41) is 0. The fraction of sp³-hybridized carbons (Fsp3) is 0.375. The van der Waals surface area contributed by atoms with Crippen molar-refractivity contribution in [1.82, 2.24) is 9.97 Å². The van der Waals surface area contributed by atoms with Crippen LogP contribution in [-0.4, -0.2) is 9.97 Å². The Morgan fingerprint density at radius 2 is 1.75 bits per heavy atom. The van der Waals surface area contributed by atoms with Crippen LogP contribution in [0.2, 0.25) is 0 Å². The summed E-state index contributed by atoms with van der Waals surface area (Å²) in [6, 6.07) is 8.29. The molecule has 0 saturated heterocycles.